The second-order valence-electron chi connectivity index (χ2n) is 6.67. The van der Waals surface area contributed by atoms with Gasteiger partial charge in [0, 0.05) is 33.7 Å². The molecule has 6 nitrogen and oxygen atoms in total. The monoisotopic (exact) mass is 421 g/mol. The number of nitrogens with zero attached hydrogens (tertiary/aromatic N) is 4. The fraction of sp³-hybridized carbons (Fsp3) is 0.0952. The van der Waals surface area contributed by atoms with Gasteiger partial charge in [-0.3, -0.25) is 9.36 Å². The molecule has 0 bridgehead atoms. The van der Waals surface area contributed by atoms with Crippen LogP contribution in [0.1, 0.15) is 18.7 Å². The molecule has 1 aromatic carbocycles. The maximum atomic E-state index is 13.4. The van der Waals surface area contributed by atoms with E-state index >= 15 is 0 Å². The molecule has 0 radical (unpaired) electrons. The zero-order valence-electron chi connectivity index (χ0n) is 15.4. The van der Waals surface area contributed by atoms with Crippen molar-refractivity contribution in [3.63, 3.8) is 0 Å². The molecule has 4 heterocycles. The molecule has 0 spiro atoms. The average molecular weight is 422 g/mol. The van der Waals surface area contributed by atoms with Crippen LogP contribution >= 0.6 is 22.9 Å². The van der Waals surface area contributed by atoms with Gasteiger partial charge in [0.25, 0.3) is 5.56 Å². The fourth-order valence-electron chi connectivity index (χ4n) is 3.49. The Kier molecular flexibility index (Phi) is 4.34. The topological polar surface area (TPSA) is 64.2 Å². The zero-order chi connectivity index (χ0) is 20.0. The third-order valence-electron chi connectivity index (χ3n) is 4.84. The summed E-state index contributed by atoms with van der Waals surface area (Å²) in [5.74, 6) is 0.795. The van der Waals surface area contributed by atoms with Crippen molar-refractivity contribution in [1.29, 1.82) is 0 Å². The Hall–Kier alpha value is -3.16. The number of fused-ring (bicyclic) bond motifs is 2. The molecule has 0 aliphatic heterocycles. The molecule has 5 aromatic rings. The Morgan fingerprint density at radius 3 is 2.79 bits per heavy atom. The maximum Gasteiger partial charge on any atom is 0.265 e. The first-order chi connectivity index (χ1) is 14.1. The highest BCUT2D eigenvalue weighted by Crippen LogP contribution is 2.31. The van der Waals surface area contributed by atoms with Crippen LogP contribution < -0.4 is 10.9 Å². The van der Waals surface area contributed by atoms with Crippen molar-refractivity contribution >= 4 is 44.5 Å². The number of rotatable bonds is 4. The lowest BCUT2D eigenvalue weighted by Gasteiger charge is -2.21. The van der Waals surface area contributed by atoms with Crippen molar-refractivity contribution in [1.82, 2.24) is 19.2 Å². The molecule has 5 rings (SSSR count). The van der Waals surface area contributed by atoms with Gasteiger partial charge in [0.15, 0.2) is 5.65 Å². The maximum absolute atomic E-state index is 13.4. The molecular weight excluding hydrogens is 406 g/mol. The number of thiophene rings is 1. The number of benzene rings is 1. The van der Waals surface area contributed by atoms with Gasteiger partial charge in [0.2, 0.25) is 0 Å². The van der Waals surface area contributed by atoms with Crippen molar-refractivity contribution in [2.24, 2.45) is 0 Å². The number of pyridine rings is 1. The average Bonchev–Trinajstić information content (AvgIpc) is 3.36. The van der Waals surface area contributed by atoms with E-state index in [9.17, 15) is 4.79 Å². The molecule has 0 aliphatic carbocycles. The van der Waals surface area contributed by atoms with Crippen molar-refractivity contribution in [2.75, 3.05) is 5.32 Å². The minimum Gasteiger partial charge on any atom is -0.362 e. The highest BCUT2D eigenvalue weighted by molar-refractivity contribution is 7.17. The lowest BCUT2D eigenvalue weighted by atomic mass is 10.1. The van der Waals surface area contributed by atoms with Crippen LogP contribution in [-0.2, 0) is 0 Å². The first kappa shape index (κ1) is 17.9. The van der Waals surface area contributed by atoms with Gasteiger partial charge in [-0.25, -0.2) is 4.98 Å². The summed E-state index contributed by atoms with van der Waals surface area (Å²) in [6, 6.07) is 15.2. The molecule has 0 aliphatic rings. The normalized spacial score (nSPS) is 12.5. The molecule has 0 saturated carbocycles. The largest absolute Gasteiger partial charge is 0.362 e. The van der Waals surface area contributed by atoms with Crippen molar-refractivity contribution in [3.05, 3.63) is 87.4 Å². The van der Waals surface area contributed by atoms with Crippen LogP contribution in [0, 0.1) is 0 Å². The summed E-state index contributed by atoms with van der Waals surface area (Å²) in [5, 5.41) is 10.6. The van der Waals surface area contributed by atoms with E-state index in [-0.39, 0.29) is 11.6 Å². The van der Waals surface area contributed by atoms with E-state index in [1.54, 1.807) is 26.9 Å². The molecule has 0 fully saturated rings. The van der Waals surface area contributed by atoms with Crippen LogP contribution in [-0.4, -0.2) is 19.2 Å². The summed E-state index contributed by atoms with van der Waals surface area (Å²) in [4.78, 5) is 17.7. The number of hydrogen-bond donors (Lipinski definition) is 1. The third kappa shape index (κ3) is 2.99. The minimum absolute atomic E-state index is 0.123. The van der Waals surface area contributed by atoms with Crippen LogP contribution in [0.15, 0.2) is 71.1 Å². The molecule has 0 unspecified atom stereocenters. The first-order valence-corrected chi connectivity index (χ1v) is 10.3. The number of anilines is 1. The molecule has 0 saturated heterocycles. The summed E-state index contributed by atoms with van der Waals surface area (Å²) < 4.78 is 4.33. The molecule has 29 heavy (non-hydrogen) atoms. The van der Waals surface area contributed by atoms with Gasteiger partial charge in [0.05, 0.1) is 22.6 Å². The molecule has 4 aromatic heterocycles. The molecule has 8 heteroatoms. The van der Waals surface area contributed by atoms with E-state index in [4.69, 9.17) is 11.6 Å². The van der Waals surface area contributed by atoms with Gasteiger partial charge in [0.1, 0.15) is 5.82 Å². The van der Waals surface area contributed by atoms with E-state index < -0.39 is 0 Å². The van der Waals surface area contributed by atoms with E-state index in [0.717, 1.165) is 27.5 Å². The Bertz CT molecular complexity index is 1390. The molecule has 1 atom stereocenters. The Labute approximate surface area is 175 Å². The van der Waals surface area contributed by atoms with Gasteiger partial charge in [-0.05, 0) is 31.2 Å². The molecular formula is C21H16ClN5OS. The molecule has 0 amide bonds. The zero-order valence-corrected chi connectivity index (χ0v) is 17.0. The van der Waals surface area contributed by atoms with Crippen molar-refractivity contribution in [2.45, 2.75) is 13.0 Å². The quantitative estimate of drug-likeness (QED) is 0.447. The highest BCUT2D eigenvalue weighted by Gasteiger charge is 2.19. The molecule has 144 valence electrons. The number of para-hydroxylation sites is 1. The number of halogens is 1. The summed E-state index contributed by atoms with van der Waals surface area (Å²) in [6.45, 7) is 2.02. The minimum atomic E-state index is -0.178. The van der Waals surface area contributed by atoms with Gasteiger partial charge in [-0.15, -0.1) is 11.3 Å². The van der Waals surface area contributed by atoms with Crippen LogP contribution in [0.5, 0.6) is 0 Å². The van der Waals surface area contributed by atoms with Crippen LogP contribution in [0.4, 0.5) is 5.82 Å². The summed E-state index contributed by atoms with van der Waals surface area (Å²) in [7, 11) is 0. The number of nitrogens with one attached hydrogen (secondary N) is 1. The SMILES string of the molecule is C[C@H](Nc1ccnc2ccnn12)c1cc2scc(Cl)c2c(=O)n1-c1ccccc1. The lowest BCUT2D eigenvalue weighted by Crippen LogP contribution is -2.25. The van der Waals surface area contributed by atoms with E-state index in [1.165, 1.54) is 11.3 Å². The Morgan fingerprint density at radius 1 is 1.14 bits per heavy atom. The van der Waals surface area contributed by atoms with Crippen LogP contribution in [0.2, 0.25) is 5.02 Å². The second kappa shape index (κ2) is 7.02. The third-order valence-corrected chi connectivity index (χ3v) is 6.20. The lowest BCUT2D eigenvalue weighted by molar-refractivity contribution is 0.764. The standard InChI is InChI=1S/C21H16ClN5OS/c1-13(25-19-7-9-23-18-8-10-24-27(18)19)16-11-17-20(15(22)12-29-17)21(28)26(16)14-5-3-2-4-6-14/h2-13,25H,1H3/t13-/m0/s1. The van der Waals surface area contributed by atoms with Gasteiger partial charge in [-0.2, -0.15) is 9.61 Å². The molecule has 1 N–H and O–H groups in total. The fourth-order valence-corrected chi connectivity index (χ4v) is 4.72. The van der Waals surface area contributed by atoms with Gasteiger partial charge < -0.3 is 5.32 Å². The Morgan fingerprint density at radius 2 is 1.97 bits per heavy atom. The number of aromatic nitrogens is 4. The van der Waals surface area contributed by atoms with Crippen LogP contribution in [0.25, 0.3) is 21.4 Å². The van der Waals surface area contributed by atoms with Crippen molar-refractivity contribution in [3.8, 4) is 5.69 Å². The van der Waals surface area contributed by atoms with Gasteiger partial charge >= 0.3 is 0 Å². The first-order valence-electron chi connectivity index (χ1n) is 9.07. The van der Waals surface area contributed by atoms with E-state index in [0.29, 0.717) is 10.4 Å². The summed E-state index contributed by atoms with van der Waals surface area (Å²) in [6.07, 6.45) is 3.44. The predicted molar refractivity (Wildman–Crippen MR) is 117 cm³/mol. The highest BCUT2D eigenvalue weighted by atomic mass is 35.5. The number of hydrogen-bond acceptors (Lipinski definition) is 5. The van der Waals surface area contributed by atoms with E-state index in [2.05, 4.69) is 15.4 Å². The Balaban J connectivity index is 1.69. The summed E-state index contributed by atoms with van der Waals surface area (Å²) >= 11 is 7.79. The van der Waals surface area contributed by atoms with Crippen LogP contribution in [0.3, 0.4) is 0 Å². The summed E-state index contributed by atoms with van der Waals surface area (Å²) in [5.41, 5.74) is 2.26. The smallest absolute Gasteiger partial charge is 0.265 e. The predicted octanol–water partition coefficient (Wildman–Crippen LogP) is 4.92. The van der Waals surface area contributed by atoms with E-state index in [1.807, 2.05) is 55.5 Å². The van der Waals surface area contributed by atoms with Gasteiger partial charge in [-0.1, -0.05) is 29.8 Å². The van der Waals surface area contributed by atoms with Crippen molar-refractivity contribution < 1.29 is 0 Å². The second-order valence-corrected chi connectivity index (χ2v) is 7.98.